The smallest absolute Gasteiger partial charge is 0.0259 e. The first-order valence-corrected chi connectivity index (χ1v) is 5.98. The van der Waals surface area contributed by atoms with E-state index in [1.165, 1.54) is 45.8 Å². The van der Waals surface area contributed by atoms with Crippen molar-refractivity contribution in [1.82, 2.24) is 15.1 Å². The fourth-order valence-electron chi connectivity index (χ4n) is 2.70. The van der Waals surface area contributed by atoms with Gasteiger partial charge < -0.3 is 10.2 Å². The van der Waals surface area contributed by atoms with Gasteiger partial charge in [0, 0.05) is 38.8 Å². The van der Waals surface area contributed by atoms with Crippen LogP contribution in [0.5, 0.6) is 0 Å². The maximum Gasteiger partial charge on any atom is 0.0259 e. The molecule has 0 aromatic carbocycles. The average molecular weight is 197 g/mol. The van der Waals surface area contributed by atoms with Crippen LogP contribution in [0.4, 0.5) is 0 Å². The van der Waals surface area contributed by atoms with Crippen LogP contribution in [-0.2, 0) is 0 Å². The summed E-state index contributed by atoms with van der Waals surface area (Å²) >= 11 is 0. The quantitative estimate of drug-likeness (QED) is 0.684. The minimum atomic E-state index is 0.800. The second kappa shape index (κ2) is 4.60. The summed E-state index contributed by atoms with van der Waals surface area (Å²) in [6.07, 6.45) is 0. The highest BCUT2D eigenvalue weighted by atomic mass is 15.3. The summed E-state index contributed by atoms with van der Waals surface area (Å²) in [4.78, 5) is 5.22. The molecule has 0 bridgehead atoms. The number of rotatable bonds is 2. The van der Waals surface area contributed by atoms with Crippen LogP contribution in [0.1, 0.15) is 13.8 Å². The van der Waals surface area contributed by atoms with Crippen LogP contribution in [0.25, 0.3) is 0 Å². The SMILES string of the molecule is CCN1CCN(C2CNCC2C)CC1. The molecule has 2 heterocycles. The van der Waals surface area contributed by atoms with E-state index in [-0.39, 0.29) is 0 Å². The molecule has 0 amide bonds. The molecule has 2 fully saturated rings. The first kappa shape index (κ1) is 10.4. The summed E-state index contributed by atoms with van der Waals surface area (Å²) in [5.41, 5.74) is 0. The Kier molecular flexibility index (Phi) is 3.42. The molecular formula is C11H23N3. The van der Waals surface area contributed by atoms with Crippen LogP contribution >= 0.6 is 0 Å². The summed E-state index contributed by atoms with van der Waals surface area (Å²) in [5.74, 6) is 0.836. The van der Waals surface area contributed by atoms with E-state index in [4.69, 9.17) is 0 Å². The molecule has 0 aromatic rings. The highest BCUT2D eigenvalue weighted by molar-refractivity contribution is 4.88. The van der Waals surface area contributed by atoms with E-state index in [0.717, 1.165) is 12.0 Å². The molecule has 2 aliphatic heterocycles. The van der Waals surface area contributed by atoms with Gasteiger partial charge in [0.05, 0.1) is 0 Å². The van der Waals surface area contributed by atoms with Gasteiger partial charge in [-0.15, -0.1) is 0 Å². The van der Waals surface area contributed by atoms with Crippen LogP contribution in [-0.4, -0.2) is 61.7 Å². The molecule has 0 aromatic heterocycles. The summed E-state index contributed by atoms with van der Waals surface area (Å²) in [5, 5.41) is 3.49. The third kappa shape index (κ3) is 2.10. The minimum Gasteiger partial charge on any atom is -0.315 e. The fourth-order valence-corrected chi connectivity index (χ4v) is 2.70. The van der Waals surface area contributed by atoms with Gasteiger partial charge in [-0.05, 0) is 19.0 Å². The van der Waals surface area contributed by atoms with Crippen LogP contribution in [0.15, 0.2) is 0 Å². The first-order valence-electron chi connectivity index (χ1n) is 5.98. The molecule has 2 saturated heterocycles. The van der Waals surface area contributed by atoms with E-state index in [9.17, 15) is 0 Å². The summed E-state index contributed by atoms with van der Waals surface area (Å²) in [6, 6.07) is 0.800. The van der Waals surface area contributed by atoms with Gasteiger partial charge in [0.25, 0.3) is 0 Å². The van der Waals surface area contributed by atoms with Gasteiger partial charge in [-0.2, -0.15) is 0 Å². The molecule has 2 unspecified atom stereocenters. The standard InChI is InChI=1S/C11H23N3/c1-3-13-4-6-14(7-5-13)11-9-12-8-10(11)2/h10-12H,3-9H2,1-2H3. The monoisotopic (exact) mass is 197 g/mol. The number of nitrogens with zero attached hydrogens (tertiary/aromatic N) is 2. The van der Waals surface area contributed by atoms with Gasteiger partial charge in [-0.1, -0.05) is 13.8 Å². The predicted molar refractivity (Wildman–Crippen MR) is 59.5 cm³/mol. The van der Waals surface area contributed by atoms with Crippen LogP contribution in [0.2, 0.25) is 0 Å². The van der Waals surface area contributed by atoms with Gasteiger partial charge in [-0.3, -0.25) is 4.90 Å². The van der Waals surface area contributed by atoms with Crippen molar-refractivity contribution < 1.29 is 0 Å². The Morgan fingerprint density at radius 1 is 1.14 bits per heavy atom. The van der Waals surface area contributed by atoms with Crippen molar-refractivity contribution >= 4 is 0 Å². The van der Waals surface area contributed by atoms with E-state index in [1.54, 1.807) is 0 Å². The molecule has 3 nitrogen and oxygen atoms in total. The van der Waals surface area contributed by atoms with E-state index in [1.807, 2.05) is 0 Å². The molecule has 0 radical (unpaired) electrons. The molecular weight excluding hydrogens is 174 g/mol. The molecule has 2 atom stereocenters. The second-order valence-electron chi connectivity index (χ2n) is 4.67. The Balaban J connectivity index is 1.82. The van der Waals surface area contributed by atoms with Gasteiger partial charge in [0.1, 0.15) is 0 Å². The van der Waals surface area contributed by atoms with Crippen molar-refractivity contribution in [2.75, 3.05) is 45.8 Å². The number of hydrogen-bond acceptors (Lipinski definition) is 3. The first-order chi connectivity index (χ1) is 6.81. The molecule has 0 saturated carbocycles. The largest absolute Gasteiger partial charge is 0.315 e. The maximum atomic E-state index is 3.49. The van der Waals surface area contributed by atoms with Crippen molar-refractivity contribution in [2.45, 2.75) is 19.9 Å². The molecule has 1 N–H and O–H groups in total. The topological polar surface area (TPSA) is 18.5 Å². The van der Waals surface area contributed by atoms with Gasteiger partial charge in [0.2, 0.25) is 0 Å². The Labute approximate surface area is 87.4 Å². The van der Waals surface area contributed by atoms with Gasteiger partial charge in [-0.25, -0.2) is 0 Å². The van der Waals surface area contributed by atoms with Crippen molar-refractivity contribution in [3.8, 4) is 0 Å². The lowest BCUT2D eigenvalue weighted by Crippen LogP contribution is -2.52. The maximum absolute atomic E-state index is 3.49. The third-order valence-corrected chi connectivity index (χ3v) is 3.80. The van der Waals surface area contributed by atoms with E-state index in [0.29, 0.717) is 0 Å². The predicted octanol–water partition coefficient (Wildman–Crippen LogP) is 0.232. The van der Waals surface area contributed by atoms with Crippen LogP contribution < -0.4 is 5.32 Å². The number of piperazine rings is 1. The highest BCUT2D eigenvalue weighted by Gasteiger charge is 2.30. The Hall–Kier alpha value is -0.120. The average Bonchev–Trinajstić information content (AvgIpc) is 2.65. The molecule has 82 valence electrons. The lowest BCUT2D eigenvalue weighted by Gasteiger charge is -2.38. The van der Waals surface area contributed by atoms with E-state index in [2.05, 4.69) is 29.0 Å². The van der Waals surface area contributed by atoms with E-state index >= 15 is 0 Å². The number of likely N-dealkylation sites (N-methyl/N-ethyl adjacent to an activating group) is 1. The Morgan fingerprint density at radius 3 is 2.36 bits per heavy atom. The second-order valence-corrected chi connectivity index (χ2v) is 4.67. The highest BCUT2D eigenvalue weighted by Crippen LogP contribution is 2.16. The lowest BCUT2D eigenvalue weighted by molar-refractivity contribution is 0.0917. The van der Waals surface area contributed by atoms with Crippen LogP contribution in [0, 0.1) is 5.92 Å². The zero-order valence-corrected chi connectivity index (χ0v) is 9.50. The van der Waals surface area contributed by atoms with Crippen molar-refractivity contribution in [1.29, 1.82) is 0 Å². The zero-order valence-electron chi connectivity index (χ0n) is 9.50. The molecule has 2 aliphatic rings. The summed E-state index contributed by atoms with van der Waals surface area (Å²) < 4.78 is 0. The van der Waals surface area contributed by atoms with Crippen molar-refractivity contribution in [3.05, 3.63) is 0 Å². The minimum absolute atomic E-state index is 0.800. The fraction of sp³-hybridized carbons (Fsp3) is 1.00. The van der Waals surface area contributed by atoms with Gasteiger partial charge in [0.15, 0.2) is 0 Å². The normalized spacial score (nSPS) is 36.4. The molecule has 0 spiro atoms. The van der Waals surface area contributed by atoms with Gasteiger partial charge >= 0.3 is 0 Å². The Bertz CT molecular complexity index is 175. The summed E-state index contributed by atoms with van der Waals surface area (Å²) in [7, 11) is 0. The summed E-state index contributed by atoms with van der Waals surface area (Å²) in [6.45, 7) is 13.3. The number of hydrogen-bond donors (Lipinski definition) is 1. The number of nitrogens with one attached hydrogen (secondary N) is 1. The van der Waals surface area contributed by atoms with E-state index < -0.39 is 0 Å². The Morgan fingerprint density at radius 2 is 1.86 bits per heavy atom. The third-order valence-electron chi connectivity index (χ3n) is 3.80. The molecule has 0 aliphatic carbocycles. The lowest BCUT2D eigenvalue weighted by atomic mass is 10.0. The zero-order chi connectivity index (χ0) is 9.97. The molecule has 2 rings (SSSR count). The molecule has 14 heavy (non-hydrogen) atoms. The molecule has 3 heteroatoms. The van der Waals surface area contributed by atoms with Crippen LogP contribution in [0.3, 0.4) is 0 Å². The van der Waals surface area contributed by atoms with Crippen molar-refractivity contribution in [2.24, 2.45) is 5.92 Å². The van der Waals surface area contributed by atoms with Crippen molar-refractivity contribution in [3.63, 3.8) is 0 Å².